The largest absolute Gasteiger partial charge is 0.465 e. The third kappa shape index (κ3) is 7.13. The van der Waals surface area contributed by atoms with Crippen LogP contribution in [0.1, 0.15) is 44.1 Å². The Bertz CT molecular complexity index is 1460. The van der Waals surface area contributed by atoms with Crippen molar-refractivity contribution in [3.8, 4) is 10.6 Å². The van der Waals surface area contributed by atoms with Crippen LogP contribution in [0.3, 0.4) is 0 Å². The Morgan fingerprint density at radius 2 is 1.81 bits per heavy atom. The van der Waals surface area contributed by atoms with Crippen LogP contribution < -0.4 is 15.5 Å². The fourth-order valence-electron chi connectivity index (χ4n) is 4.63. The molecule has 4 rings (SSSR count). The lowest BCUT2D eigenvalue weighted by Crippen LogP contribution is -2.40. The normalized spacial score (nSPS) is 14.0. The van der Waals surface area contributed by atoms with Crippen LogP contribution in [0.15, 0.2) is 24.4 Å². The standard InChI is InChI=1S/C27H33F2N7O5S/c1-27(2,3)41-25(38)33-23-20(32-22(42-23)19-16(28)7-6-8-17(19)29)21(37)31-18-13-30-35(5)24(18)36-11-9-15(10-12-36)14-34(4)26(39)40/h6-8,13,15H,9-12,14H2,1-5H3,(H,31,37)(H,33,38)(H,39,40). The van der Waals surface area contributed by atoms with Gasteiger partial charge in [-0.3, -0.25) is 14.8 Å². The summed E-state index contributed by atoms with van der Waals surface area (Å²) in [6.45, 7) is 6.66. The topological polar surface area (TPSA) is 142 Å². The molecule has 3 aromatic rings. The number of ether oxygens (including phenoxy) is 1. The van der Waals surface area contributed by atoms with Gasteiger partial charge in [-0.05, 0) is 51.7 Å². The van der Waals surface area contributed by atoms with E-state index in [0.717, 1.165) is 36.3 Å². The van der Waals surface area contributed by atoms with Crippen molar-refractivity contribution < 1.29 is 33.0 Å². The Hall–Kier alpha value is -4.27. The van der Waals surface area contributed by atoms with Gasteiger partial charge in [0, 0.05) is 33.7 Å². The van der Waals surface area contributed by atoms with Crippen molar-refractivity contribution in [2.24, 2.45) is 13.0 Å². The van der Waals surface area contributed by atoms with E-state index in [1.54, 1.807) is 39.5 Å². The van der Waals surface area contributed by atoms with Gasteiger partial charge in [-0.25, -0.2) is 23.4 Å². The number of halogens is 2. The van der Waals surface area contributed by atoms with Crippen LogP contribution in [-0.2, 0) is 11.8 Å². The number of nitrogens with one attached hydrogen (secondary N) is 2. The molecule has 1 aliphatic heterocycles. The summed E-state index contributed by atoms with van der Waals surface area (Å²) in [7, 11) is 3.27. The zero-order chi connectivity index (χ0) is 30.8. The molecule has 1 fully saturated rings. The van der Waals surface area contributed by atoms with Crippen molar-refractivity contribution >= 4 is 45.9 Å². The van der Waals surface area contributed by atoms with E-state index >= 15 is 0 Å². The van der Waals surface area contributed by atoms with Crippen molar-refractivity contribution in [2.75, 3.05) is 42.2 Å². The number of benzene rings is 1. The van der Waals surface area contributed by atoms with Crippen LogP contribution in [0.2, 0.25) is 0 Å². The van der Waals surface area contributed by atoms with Gasteiger partial charge in [0.2, 0.25) is 0 Å². The number of thiazole rings is 1. The molecule has 0 radical (unpaired) electrons. The van der Waals surface area contributed by atoms with Gasteiger partial charge in [0.25, 0.3) is 5.91 Å². The van der Waals surface area contributed by atoms with E-state index in [2.05, 4.69) is 20.7 Å². The summed E-state index contributed by atoms with van der Waals surface area (Å²) in [5.41, 5.74) is -1.14. The Morgan fingerprint density at radius 1 is 1.17 bits per heavy atom. The predicted molar refractivity (Wildman–Crippen MR) is 154 cm³/mol. The van der Waals surface area contributed by atoms with Gasteiger partial charge in [0.15, 0.2) is 11.5 Å². The second-order valence-electron chi connectivity index (χ2n) is 11.0. The average Bonchev–Trinajstić information content (AvgIpc) is 3.46. The molecule has 15 heteroatoms. The van der Waals surface area contributed by atoms with E-state index < -0.39 is 40.9 Å². The summed E-state index contributed by atoms with van der Waals surface area (Å²) in [6, 6.07) is 3.36. The van der Waals surface area contributed by atoms with E-state index in [1.165, 1.54) is 17.2 Å². The maximum absolute atomic E-state index is 14.6. The first-order chi connectivity index (χ1) is 19.7. The fraction of sp³-hybridized carbons (Fsp3) is 0.444. The maximum atomic E-state index is 14.6. The van der Waals surface area contributed by atoms with Crippen molar-refractivity contribution in [2.45, 2.75) is 39.2 Å². The summed E-state index contributed by atoms with van der Waals surface area (Å²) in [6.07, 6.45) is 1.12. The number of nitrogens with zero attached hydrogens (tertiary/aromatic N) is 5. The van der Waals surface area contributed by atoms with Crippen molar-refractivity contribution in [1.82, 2.24) is 19.7 Å². The highest BCUT2D eigenvalue weighted by Gasteiger charge is 2.29. The highest BCUT2D eigenvalue weighted by atomic mass is 32.1. The molecule has 226 valence electrons. The number of carboxylic acid groups (broad SMARTS) is 1. The molecule has 1 aromatic carbocycles. The van der Waals surface area contributed by atoms with Gasteiger partial charge in [-0.15, -0.1) is 0 Å². The summed E-state index contributed by atoms with van der Waals surface area (Å²) in [5.74, 6) is -1.64. The number of piperidine rings is 1. The number of aromatic nitrogens is 3. The number of amides is 3. The number of hydrogen-bond acceptors (Lipinski definition) is 8. The molecule has 3 amide bonds. The van der Waals surface area contributed by atoms with Gasteiger partial charge in [-0.2, -0.15) is 5.10 Å². The Labute approximate surface area is 245 Å². The van der Waals surface area contributed by atoms with Gasteiger partial charge >= 0.3 is 12.2 Å². The van der Waals surface area contributed by atoms with E-state index in [1.807, 2.05) is 4.90 Å². The number of carbonyl (C=O) groups is 3. The smallest absolute Gasteiger partial charge is 0.412 e. The molecule has 0 unspecified atom stereocenters. The molecule has 0 spiro atoms. The number of anilines is 3. The summed E-state index contributed by atoms with van der Waals surface area (Å²) >= 11 is 0.738. The quantitative estimate of drug-likeness (QED) is 0.332. The maximum Gasteiger partial charge on any atom is 0.412 e. The molecule has 12 nitrogen and oxygen atoms in total. The summed E-state index contributed by atoms with van der Waals surface area (Å²) < 4.78 is 36.1. The second kappa shape index (κ2) is 12.3. The van der Waals surface area contributed by atoms with Crippen LogP contribution in [0.4, 0.5) is 34.9 Å². The van der Waals surface area contributed by atoms with Crippen molar-refractivity contribution in [1.29, 1.82) is 0 Å². The molecule has 0 atom stereocenters. The number of hydrogen-bond donors (Lipinski definition) is 3. The predicted octanol–water partition coefficient (Wildman–Crippen LogP) is 5.25. The summed E-state index contributed by atoms with van der Waals surface area (Å²) in [4.78, 5) is 44.8. The zero-order valence-corrected chi connectivity index (χ0v) is 24.7. The second-order valence-corrected chi connectivity index (χ2v) is 12.0. The van der Waals surface area contributed by atoms with Crippen LogP contribution in [0.25, 0.3) is 10.6 Å². The number of carbonyl (C=O) groups excluding carboxylic acids is 2. The summed E-state index contributed by atoms with van der Waals surface area (Å²) in [5, 5.41) is 18.5. The minimum absolute atomic E-state index is 0.0480. The molecule has 0 bridgehead atoms. The number of rotatable bonds is 7. The molecule has 0 saturated carbocycles. The van der Waals surface area contributed by atoms with E-state index in [9.17, 15) is 23.2 Å². The Kier molecular flexibility index (Phi) is 8.99. The Balaban J connectivity index is 1.58. The monoisotopic (exact) mass is 605 g/mol. The molecule has 3 N–H and O–H groups in total. The Morgan fingerprint density at radius 3 is 2.40 bits per heavy atom. The third-order valence-electron chi connectivity index (χ3n) is 6.56. The van der Waals surface area contributed by atoms with Gasteiger partial charge in [-0.1, -0.05) is 17.4 Å². The first-order valence-electron chi connectivity index (χ1n) is 13.2. The van der Waals surface area contributed by atoms with Gasteiger partial charge in [0.05, 0.1) is 11.8 Å². The van der Waals surface area contributed by atoms with Crippen LogP contribution in [0, 0.1) is 17.6 Å². The first-order valence-corrected chi connectivity index (χ1v) is 14.0. The SMILES string of the molecule is CN(CC1CCN(c2c(NC(=O)c3nc(-c4c(F)cccc4F)sc3NC(=O)OC(C)(C)C)cnn2C)CC1)C(=O)O. The zero-order valence-electron chi connectivity index (χ0n) is 23.9. The van der Waals surface area contributed by atoms with Gasteiger partial charge in [0.1, 0.15) is 32.9 Å². The lowest BCUT2D eigenvalue weighted by molar-refractivity contribution is 0.0636. The number of aryl methyl sites for hydroxylation is 1. The van der Waals surface area contributed by atoms with E-state index in [0.29, 0.717) is 31.1 Å². The van der Waals surface area contributed by atoms with Gasteiger partial charge < -0.3 is 25.0 Å². The van der Waals surface area contributed by atoms with Crippen molar-refractivity contribution in [3.05, 3.63) is 41.7 Å². The molecular weight excluding hydrogens is 572 g/mol. The molecule has 1 saturated heterocycles. The third-order valence-corrected chi connectivity index (χ3v) is 7.55. The molecule has 42 heavy (non-hydrogen) atoms. The minimum atomic E-state index is -0.975. The fourth-order valence-corrected chi connectivity index (χ4v) is 5.63. The van der Waals surface area contributed by atoms with Crippen LogP contribution >= 0.6 is 11.3 Å². The molecule has 1 aliphatic rings. The highest BCUT2D eigenvalue weighted by molar-refractivity contribution is 7.19. The molecule has 0 aliphatic carbocycles. The van der Waals surface area contributed by atoms with E-state index in [4.69, 9.17) is 9.84 Å². The van der Waals surface area contributed by atoms with E-state index in [-0.39, 0.29) is 21.6 Å². The lowest BCUT2D eigenvalue weighted by atomic mass is 9.96. The van der Waals surface area contributed by atoms with Crippen LogP contribution in [-0.4, -0.2) is 75.1 Å². The first kappa shape index (κ1) is 30.7. The highest BCUT2D eigenvalue weighted by Crippen LogP contribution is 2.37. The van der Waals surface area contributed by atoms with Crippen LogP contribution in [0.5, 0.6) is 0 Å². The molecular formula is C27H33F2N7O5S. The average molecular weight is 606 g/mol. The minimum Gasteiger partial charge on any atom is -0.465 e. The molecule has 3 heterocycles. The molecule has 2 aromatic heterocycles. The lowest BCUT2D eigenvalue weighted by Gasteiger charge is -2.35. The van der Waals surface area contributed by atoms with Crippen molar-refractivity contribution in [3.63, 3.8) is 0 Å².